The van der Waals surface area contributed by atoms with E-state index >= 15 is 0 Å². The number of allylic oxidation sites excluding steroid dienone is 2. The van der Waals surface area contributed by atoms with Crippen molar-refractivity contribution in [3.8, 4) is 0 Å². The van der Waals surface area contributed by atoms with Crippen LogP contribution in [0, 0.1) is 0 Å². The van der Waals surface area contributed by atoms with Crippen LogP contribution in [0.1, 0.15) is 206 Å². The van der Waals surface area contributed by atoms with Gasteiger partial charge in [0.2, 0.25) is 0 Å². The van der Waals surface area contributed by atoms with E-state index in [1.165, 1.54) is 148 Å². The van der Waals surface area contributed by atoms with E-state index in [-0.39, 0.29) is 0 Å². The molecule has 0 heterocycles. The number of unbranched alkanes of at least 4 members (excludes halogenated alkanes) is 26. The summed E-state index contributed by atoms with van der Waals surface area (Å²) in [7, 11) is 0. The Morgan fingerprint density at radius 3 is 1.20 bits per heavy atom. The first-order chi connectivity index (χ1) is 20.2. The zero-order valence-corrected chi connectivity index (χ0v) is 27.7. The Morgan fingerprint density at radius 2 is 0.780 bits per heavy atom. The van der Waals surface area contributed by atoms with Gasteiger partial charge in [0, 0.05) is 6.42 Å². The molecule has 0 aromatic rings. The Bertz CT molecular complexity index is 571. The average Bonchev–Trinajstić information content (AvgIpc) is 2.96. The number of ether oxygens (including phenoxy) is 2. The molecule has 0 aromatic heterocycles. The molecule has 0 fully saturated rings. The second-order valence-corrected chi connectivity index (χ2v) is 12.2. The topological polar surface area (TPSA) is 52.6 Å². The maximum absolute atomic E-state index is 11.8. The summed E-state index contributed by atoms with van der Waals surface area (Å²) in [6.07, 6.45) is 41.0. The van der Waals surface area contributed by atoms with E-state index in [0.29, 0.717) is 13.0 Å². The van der Waals surface area contributed by atoms with Crippen LogP contribution in [0.5, 0.6) is 0 Å². The van der Waals surface area contributed by atoms with Gasteiger partial charge >= 0.3 is 12.1 Å². The van der Waals surface area contributed by atoms with Crippen molar-refractivity contribution in [2.24, 2.45) is 0 Å². The second-order valence-electron chi connectivity index (χ2n) is 12.2. The fraction of sp³-hybridized carbons (Fsp3) is 0.892. The summed E-state index contributed by atoms with van der Waals surface area (Å²) in [4.78, 5) is 23.5. The van der Waals surface area contributed by atoms with Gasteiger partial charge in [0.15, 0.2) is 0 Å². The number of hydrogen-bond acceptors (Lipinski definition) is 4. The molecule has 0 unspecified atom stereocenters. The number of carbonyl (C=O) groups is 2. The normalized spacial score (nSPS) is 11.4. The van der Waals surface area contributed by atoms with Gasteiger partial charge in [-0.15, -0.1) is 0 Å². The van der Waals surface area contributed by atoms with Crippen LogP contribution in [0.4, 0.5) is 4.79 Å². The lowest BCUT2D eigenvalue weighted by atomic mass is 10.0. The number of rotatable bonds is 32. The third-order valence-electron chi connectivity index (χ3n) is 8.06. The highest BCUT2D eigenvalue weighted by molar-refractivity contribution is 5.81. The summed E-state index contributed by atoms with van der Waals surface area (Å²) in [6, 6.07) is 0. The molecule has 0 bridgehead atoms. The molecule has 0 radical (unpaired) electrons. The lowest BCUT2D eigenvalue weighted by Crippen LogP contribution is -2.14. The Kier molecular flexibility index (Phi) is 33.8. The van der Waals surface area contributed by atoms with Gasteiger partial charge in [-0.3, -0.25) is 4.79 Å². The lowest BCUT2D eigenvalue weighted by Gasteiger charge is -2.06. The van der Waals surface area contributed by atoms with Gasteiger partial charge in [-0.2, -0.15) is 0 Å². The summed E-state index contributed by atoms with van der Waals surface area (Å²) in [6.45, 7) is 4.88. The van der Waals surface area contributed by atoms with Gasteiger partial charge in [0.25, 0.3) is 0 Å². The van der Waals surface area contributed by atoms with E-state index in [2.05, 4.69) is 26.0 Å². The van der Waals surface area contributed by atoms with Gasteiger partial charge in [0.1, 0.15) is 0 Å². The third kappa shape index (κ3) is 34.8. The number of esters is 1. The molecule has 0 saturated carbocycles. The van der Waals surface area contributed by atoms with E-state index in [1.54, 1.807) is 0 Å². The van der Waals surface area contributed by atoms with Crippen molar-refractivity contribution in [2.45, 2.75) is 206 Å². The van der Waals surface area contributed by atoms with Crippen molar-refractivity contribution in [2.75, 3.05) is 6.61 Å². The predicted molar refractivity (Wildman–Crippen MR) is 176 cm³/mol. The van der Waals surface area contributed by atoms with E-state index in [1.807, 2.05) is 0 Å². The maximum atomic E-state index is 11.8. The average molecular weight is 579 g/mol. The van der Waals surface area contributed by atoms with Crippen molar-refractivity contribution >= 4 is 12.1 Å². The fourth-order valence-corrected chi connectivity index (χ4v) is 5.32. The summed E-state index contributed by atoms with van der Waals surface area (Å²) >= 11 is 0. The van der Waals surface area contributed by atoms with Crippen molar-refractivity contribution in [1.82, 2.24) is 0 Å². The SMILES string of the molecule is CCCCCCCCC=CCCCCCCCC(=O)OC(=O)OCCCCCCCCCCCCCCCCCC. The Morgan fingerprint density at radius 1 is 0.439 bits per heavy atom. The lowest BCUT2D eigenvalue weighted by molar-refractivity contribution is -0.139. The van der Waals surface area contributed by atoms with Crippen LogP contribution in [-0.4, -0.2) is 18.7 Å². The van der Waals surface area contributed by atoms with Crippen molar-refractivity contribution < 1.29 is 19.1 Å². The monoisotopic (exact) mass is 579 g/mol. The molecule has 0 amide bonds. The van der Waals surface area contributed by atoms with Gasteiger partial charge in [-0.25, -0.2) is 4.79 Å². The van der Waals surface area contributed by atoms with Crippen LogP contribution < -0.4 is 0 Å². The quantitative estimate of drug-likeness (QED) is 0.0345. The summed E-state index contributed by atoms with van der Waals surface area (Å²) < 4.78 is 9.86. The van der Waals surface area contributed by atoms with Gasteiger partial charge in [-0.1, -0.05) is 174 Å². The molecular weight excluding hydrogens is 508 g/mol. The first-order valence-electron chi connectivity index (χ1n) is 18.2. The molecule has 0 aliphatic heterocycles. The molecule has 4 heteroatoms. The first-order valence-corrected chi connectivity index (χ1v) is 18.2. The molecule has 0 aromatic carbocycles. The van der Waals surface area contributed by atoms with Crippen molar-refractivity contribution in [3.63, 3.8) is 0 Å². The molecule has 0 aliphatic carbocycles. The first kappa shape index (κ1) is 39.7. The minimum atomic E-state index is -0.830. The standard InChI is InChI=1S/C37H70O4/c1-3-5-7-9-11-13-15-17-19-21-23-25-27-29-31-33-35-40-37(39)41-36(38)34-32-30-28-26-24-22-20-18-16-14-12-10-8-6-4-2/h18,20H,3-17,19,21-35H2,1-2H3. The number of carbonyl (C=O) groups excluding carboxylic acids is 2. The minimum Gasteiger partial charge on any atom is -0.434 e. The molecule has 0 N–H and O–H groups in total. The summed E-state index contributed by atoms with van der Waals surface area (Å²) in [5.41, 5.74) is 0. The third-order valence-corrected chi connectivity index (χ3v) is 8.06. The van der Waals surface area contributed by atoms with Gasteiger partial charge < -0.3 is 9.47 Å². The molecular formula is C37H70O4. The van der Waals surface area contributed by atoms with Crippen LogP contribution in [0.25, 0.3) is 0 Å². The maximum Gasteiger partial charge on any atom is 0.516 e. The molecule has 0 aliphatic rings. The van der Waals surface area contributed by atoms with Crippen molar-refractivity contribution in [3.05, 3.63) is 12.2 Å². The highest BCUT2D eigenvalue weighted by Gasteiger charge is 2.11. The Balaban J connectivity index is 3.31. The molecule has 4 nitrogen and oxygen atoms in total. The van der Waals surface area contributed by atoms with Crippen molar-refractivity contribution in [1.29, 1.82) is 0 Å². The van der Waals surface area contributed by atoms with E-state index < -0.39 is 12.1 Å². The Labute approximate surface area is 256 Å². The van der Waals surface area contributed by atoms with E-state index in [9.17, 15) is 9.59 Å². The summed E-state index contributed by atoms with van der Waals surface area (Å²) in [5.74, 6) is -0.459. The van der Waals surface area contributed by atoms with Crippen LogP contribution in [0.2, 0.25) is 0 Å². The smallest absolute Gasteiger partial charge is 0.434 e. The van der Waals surface area contributed by atoms with Crippen LogP contribution in [0.15, 0.2) is 12.2 Å². The number of hydrogen-bond donors (Lipinski definition) is 0. The second kappa shape index (κ2) is 34.9. The molecule has 0 spiro atoms. The van der Waals surface area contributed by atoms with E-state index in [4.69, 9.17) is 9.47 Å². The molecule has 0 rings (SSSR count). The highest BCUT2D eigenvalue weighted by Crippen LogP contribution is 2.14. The van der Waals surface area contributed by atoms with E-state index in [0.717, 1.165) is 38.5 Å². The predicted octanol–water partition coefficient (Wildman–Crippen LogP) is 13.0. The molecule has 0 saturated heterocycles. The van der Waals surface area contributed by atoms with Crippen LogP contribution in [0.3, 0.4) is 0 Å². The molecule has 0 atom stereocenters. The largest absolute Gasteiger partial charge is 0.516 e. The highest BCUT2D eigenvalue weighted by atomic mass is 16.7. The Hall–Kier alpha value is -1.32. The van der Waals surface area contributed by atoms with Crippen LogP contribution in [-0.2, 0) is 14.3 Å². The van der Waals surface area contributed by atoms with Gasteiger partial charge in [-0.05, 0) is 38.5 Å². The summed E-state index contributed by atoms with van der Waals surface area (Å²) in [5, 5.41) is 0. The van der Waals surface area contributed by atoms with Gasteiger partial charge in [0.05, 0.1) is 6.61 Å². The zero-order chi connectivity index (χ0) is 29.9. The fourth-order valence-electron chi connectivity index (χ4n) is 5.32. The van der Waals surface area contributed by atoms with Crippen LogP contribution >= 0.6 is 0 Å². The zero-order valence-electron chi connectivity index (χ0n) is 27.7. The minimum absolute atomic E-state index is 0.298. The molecule has 242 valence electrons. The molecule has 41 heavy (non-hydrogen) atoms.